The van der Waals surface area contributed by atoms with Crippen molar-refractivity contribution in [3.05, 3.63) is 51.5 Å². The third kappa shape index (κ3) is 4.33. The van der Waals surface area contributed by atoms with Gasteiger partial charge in [0.05, 0.1) is 31.9 Å². The maximum atomic E-state index is 12.7. The number of aryl methyl sites for hydroxylation is 2. The first-order valence-electron chi connectivity index (χ1n) is 8.90. The van der Waals surface area contributed by atoms with Crippen molar-refractivity contribution in [3.8, 4) is 5.75 Å². The summed E-state index contributed by atoms with van der Waals surface area (Å²) in [6.45, 7) is 3.42. The lowest BCUT2D eigenvalue weighted by molar-refractivity contribution is -0.122. The van der Waals surface area contributed by atoms with Crippen LogP contribution in [-0.2, 0) is 11.2 Å². The number of hydrogen-bond donors (Lipinski definition) is 3. The fourth-order valence-corrected chi connectivity index (χ4v) is 3.44. The van der Waals surface area contributed by atoms with Crippen LogP contribution in [0.5, 0.6) is 5.75 Å². The highest BCUT2D eigenvalue weighted by atomic mass is 16.5. The highest BCUT2D eigenvalue weighted by Gasteiger charge is 2.36. The number of H-pyrrole nitrogens is 1. The number of ether oxygens (including phenoxy) is 1. The third-order valence-electron chi connectivity index (χ3n) is 4.94. The van der Waals surface area contributed by atoms with Crippen molar-refractivity contribution in [2.45, 2.75) is 45.3 Å². The minimum absolute atomic E-state index is 0.0579. The van der Waals surface area contributed by atoms with Gasteiger partial charge in [0.1, 0.15) is 11.6 Å². The van der Waals surface area contributed by atoms with Gasteiger partial charge in [0.2, 0.25) is 5.91 Å². The number of hydrogen-bond acceptors (Lipinski definition) is 6. The van der Waals surface area contributed by atoms with Crippen molar-refractivity contribution in [2.75, 3.05) is 7.11 Å². The highest BCUT2D eigenvalue weighted by Crippen LogP contribution is 2.38. The molecule has 1 fully saturated rings. The fourth-order valence-electron chi connectivity index (χ4n) is 3.44. The van der Waals surface area contributed by atoms with Crippen molar-refractivity contribution in [3.63, 3.8) is 0 Å². The van der Waals surface area contributed by atoms with E-state index in [0.29, 0.717) is 35.7 Å². The lowest BCUT2D eigenvalue weighted by atomic mass is 9.75. The molecule has 2 heterocycles. The van der Waals surface area contributed by atoms with Gasteiger partial charge in [0.25, 0.3) is 5.56 Å². The number of carbonyl (C=O) groups is 1. The van der Waals surface area contributed by atoms with Crippen LogP contribution in [0.3, 0.4) is 0 Å². The zero-order chi connectivity index (χ0) is 19.6. The van der Waals surface area contributed by atoms with Gasteiger partial charge in [0.15, 0.2) is 0 Å². The Hall–Kier alpha value is -2.74. The molecule has 8 heteroatoms. The number of rotatable bonds is 6. The second-order valence-electron chi connectivity index (χ2n) is 6.98. The van der Waals surface area contributed by atoms with E-state index in [4.69, 9.17) is 4.74 Å². The smallest absolute Gasteiger partial charge is 0.254 e. The Labute approximate surface area is 157 Å². The second-order valence-corrected chi connectivity index (χ2v) is 6.98. The van der Waals surface area contributed by atoms with Crippen LogP contribution in [0.4, 0.5) is 0 Å². The molecule has 1 amide bonds. The molecular formula is C19H24N4O4. The van der Waals surface area contributed by atoms with Gasteiger partial charge < -0.3 is 20.1 Å². The first-order chi connectivity index (χ1) is 12.9. The molecule has 2 aromatic rings. The Morgan fingerprint density at radius 2 is 2.15 bits per heavy atom. The highest BCUT2D eigenvalue weighted by molar-refractivity contribution is 5.79. The number of methoxy groups -OCH3 is 1. The zero-order valence-electron chi connectivity index (χ0n) is 15.7. The Balaban J connectivity index is 1.80. The van der Waals surface area contributed by atoms with Gasteiger partial charge in [-0.25, -0.2) is 4.98 Å². The lowest BCUT2D eigenvalue weighted by Crippen LogP contribution is -2.42. The minimum atomic E-state index is -0.348. The Morgan fingerprint density at radius 1 is 1.41 bits per heavy atom. The van der Waals surface area contributed by atoms with Gasteiger partial charge in [0, 0.05) is 17.5 Å². The molecule has 3 rings (SSSR count). The van der Waals surface area contributed by atoms with Crippen molar-refractivity contribution < 1.29 is 14.6 Å². The Morgan fingerprint density at radius 3 is 2.78 bits per heavy atom. The molecule has 0 saturated heterocycles. The van der Waals surface area contributed by atoms with Crippen LogP contribution in [-0.4, -0.2) is 39.2 Å². The summed E-state index contributed by atoms with van der Waals surface area (Å²) < 4.78 is 5.22. The van der Waals surface area contributed by atoms with E-state index in [-0.39, 0.29) is 36.0 Å². The van der Waals surface area contributed by atoms with Crippen molar-refractivity contribution in [2.24, 2.45) is 5.92 Å². The van der Waals surface area contributed by atoms with Gasteiger partial charge in [-0.1, -0.05) is 0 Å². The van der Waals surface area contributed by atoms with Gasteiger partial charge >= 0.3 is 0 Å². The Bertz CT molecular complexity index is 890. The summed E-state index contributed by atoms with van der Waals surface area (Å²) in [5.74, 6) is 0.948. The third-order valence-corrected chi connectivity index (χ3v) is 4.94. The van der Waals surface area contributed by atoms with Crippen molar-refractivity contribution in [1.82, 2.24) is 20.3 Å². The fraction of sp³-hybridized carbons (Fsp3) is 0.474. The first-order valence-corrected chi connectivity index (χ1v) is 8.90. The van der Waals surface area contributed by atoms with E-state index in [1.807, 2.05) is 6.07 Å². The molecule has 1 aliphatic rings. The second kappa shape index (κ2) is 7.87. The lowest BCUT2D eigenvalue weighted by Gasteiger charge is -2.38. The molecule has 0 unspecified atom stereocenters. The Kier molecular flexibility index (Phi) is 5.55. The van der Waals surface area contributed by atoms with Gasteiger partial charge in [-0.05, 0) is 44.2 Å². The summed E-state index contributed by atoms with van der Waals surface area (Å²) in [4.78, 5) is 35.8. The maximum absolute atomic E-state index is 12.7. The average Bonchev–Trinajstić information content (AvgIpc) is 2.60. The molecule has 0 spiro atoms. The monoisotopic (exact) mass is 372 g/mol. The van der Waals surface area contributed by atoms with E-state index >= 15 is 0 Å². The predicted octanol–water partition coefficient (Wildman–Crippen LogP) is 0.961. The number of pyridine rings is 1. The number of aliphatic hydroxyl groups is 1. The quantitative estimate of drug-likeness (QED) is 0.695. The number of carbonyl (C=O) groups excluding carboxylic acids is 1. The molecule has 0 radical (unpaired) electrons. The molecule has 1 saturated carbocycles. The van der Waals surface area contributed by atoms with E-state index in [0.717, 1.165) is 5.56 Å². The van der Waals surface area contributed by atoms with E-state index < -0.39 is 0 Å². The number of nitrogens with one attached hydrogen (secondary N) is 2. The molecule has 8 nitrogen and oxygen atoms in total. The SMILES string of the molecule is COc1cncc([C@H](NC(=O)Cc2c(C)nc(C)[nH]c2=O)C2CC(O)C2)c1. The molecule has 2 aromatic heterocycles. The summed E-state index contributed by atoms with van der Waals surface area (Å²) in [6.07, 6.45) is 4.08. The molecule has 0 aliphatic heterocycles. The van der Waals surface area contributed by atoms with E-state index in [1.165, 1.54) is 0 Å². The normalized spacial score (nSPS) is 19.9. The van der Waals surface area contributed by atoms with Gasteiger partial charge in [-0.2, -0.15) is 0 Å². The van der Waals surface area contributed by atoms with Crippen molar-refractivity contribution in [1.29, 1.82) is 0 Å². The summed E-state index contributed by atoms with van der Waals surface area (Å²) in [5.41, 5.74) is 1.42. The summed E-state index contributed by atoms with van der Waals surface area (Å²) in [7, 11) is 1.56. The van der Waals surface area contributed by atoms with Gasteiger partial charge in [-0.3, -0.25) is 14.6 Å². The molecule has 27 heavy (non-hydrogen) atoms. The van der Waals surface area contributed by atoms with Crippen LogP contribution < -0.4 is 15.6 Å². The number of aromatic nitrogens is 3. The topological polar surface area (TPSA) is 117 Å². The van der Waals surface area contributed by atoms with Crippen LogP contribution in [0.1, 0.15) is 41.5 Å². The maximum Gasteiger partial charge on any atom is 0.254 e. The molecule has 1 aliphatic carbocycles. The summed E-state index contributed by atoms with van der Waals surface area (Å²) in [6, 6.07) is 1.52. The van der Waals surface area contributed by atoms with Crippen LogP contribution >= 0.6 is 0 Å². The first kappa shape index (κ1) is 19.0. The standard InChI is InChI=1S/C19H24N4O4/c1-10-16(19(26)22-11(2)21-10)7-17(25)23-18(12-4-14(24)5-12)13-6-15(27-3)9-20-8-13/h6,8-9,12,14,18,24H,4-5,7H2,1-3H3,(H,23,25)(H,21,22,26)/t12?,14?,18-/m1/s1. The predicted molar refractivity (Wildman–Crippen MR) is 98.4 cm³/mol. The number of aliphatic hydroxyl groups excluding tert-OH is 1. The van der Waals surface area contributed by atoms with Crippen LogP contribution in [0, 0.1) is 19.8 Å². The van der Waals surface area contributed by atoms with E-state index in [9.17, 15) is 14.7 Å². The number of aromatic amines is 1. The molecule has 144 valence electrons. The van der Waals surface area contributed by atoms with Crippen LogP contribution in [0.2, 0.25) is 0 Å². The van der Waals surface area contributed by atoms with Gasteiger partial charge in [-0.15, -0.1) is 0 Å². The number of nitrogens with zero attached hydrogens (tertiary/aromatic N) is 2. The largest absolute Gasteiger partial charge is 0.495 e. The molecule has 3 N–H and O–H groups in total. The number of amides is 1. The molecule has 0 aromatic carbocycles. The van der Waals surface area contributed by atoms with Crippen LogP contribution in [0.25, 0.3) is 0 Å². The van der Waals surface area contributed by atoms with Crippen LogP contribution in [0.15, 0.2) is 23.3 Å². The summed E-state index contributed by atoms with van der Waals surface area (Å²) >= 11 is 0. The average molecular weight is 372 g/mol. The molecule has 0 bridgehead atoms. The molecular weight excluding hydrogens is 348 g/mol. The van der Waals surface area contributed by atoms with Crippen molar-refractivity contribution >= 4 is 5.91 Å². The zero-order valence-corrected chi connectivity index (χ0v) is 15.7. The van der Waals surface area contributed by atoms with E-state index in [1.54, 1.807) is 33.4 Å². The minimum Gasteiger partial charge on any atom is -0.495 e. The summed E-state index contributed by atoms with van der Waals surface area (Å²) in [5, 5.41) is 12.7. The molecule has 1 atom stereocenters. The van der Waals surface area contributed by atoms with E-state index in [2.05, 4.69) is 20.3 Å².